The summed E-state index contributed by atoms with van der Waals surface area (Å²) in [4.78, 5) is 7.82. The van der Waals surface area contributed by atoms with Crippen molar-refractivity contribution in [2.75, 3.05) is 11.1 Å². The van der Waals surface area contributed by atoms with Gasteiger partial charge in [-0.3, -0.25) is 0 Å². The zero-order valence-electron chi connectivity index (χ0n) is 7.70. The maximum Gasteiger partial charge on any atom is 0.152 e. The van der Waals surface area contributed by atoms with E-state index >= 15 is 0 Å². The number of anilines is 2. The molecule has 4 nitrogen and oxygen atoms in total. The highest BCUT2D eigenvalue weighted by Gasteiger charge is 2.03. The molecule has 1 rings (SSSR count). The first-order valence-corrected chi connectivity index (χ1v) is 4.17. The van der Waals surface area contributed by atoms with E-state index in [-0.39, 0.29) is 6.04 Å². The predicted molar refractivity (Wildman–Crippen MR) is 54.3 cm³/mol. The van der Waals surface area contributed by atoms with Crippen LogP contribution in [0.4, 0.5) is 11.5 Å². The third-order valence-corrected chi connectivity index (χ3v) is 1.64. The lowest BCUT2D eigenvalue weighted by Crippen LogP contribution is -2.16. The fourth-order valence-corrected chi connectivity index (χ4v) is 1.00. The van der Waals surface area contributed by atoms with Gasteiger partial charge >= 0.3 is 0 Å². The number of hydrogen-bond acceptors (Lipinski definition) is 4. The van der Waals surface area contributed by atoms with Gasteiger partial charge in [0.15, 0.2) is 5.82 Å². The summed E-state index contributed by atoms with van der Waals surface area (Å²) in [5, 5.41) is 3.16. The number of aromatic nitrogens is 2. The van der Waals surface area contributed by atoms with Gasteiger partial charge in [0.1, 0.15) is 6.33 Å². The Hall–Kier alpha value is -1.58. The molecule has 0 amide bonds. The predicted octanol–water partition coefficient (Wildman–Crippen LogP) is 1.44. The van der Waals surface area contributed by atoms with Crippen molar-refractivity contribution in [1.82, 2.24) is 9.97 Å². The van der Waals surface area contributed by atoms with Crippen molar-refractivity contribution in [3.8, 4) is 0 Å². The molecular formula is C9H14N4. The summed E-state index contributed by atoms with van der Waals surface area (Å²) in [7, 11) is 0. The SMILES string of the molecule is C=CCC(C)Nc1ncncc1N. The smallest absolute Gasteiger partial charge is 0.152 e. The van der Waals surface area contributed by atoms with E-state index in [9.17, 15) is 0 Å². The van der Waals surface area contributed by atoms with Crippen LogP contribution >= 0.6 is 0 Å². The minimum atomic E-state index is 0.287. The first-order valence-electron chi connectivity index (χ1n) is 4.17. The third-order valence-electron chi connectivity index (χ3n) is 1.64. The van der Waals surface area contributed by atoms with Crippen LogP contribution in [-0.4, -0.2) is 16.0 Å². The average molecular weight is 178 g/mol. The van der Waals surface area contributed by atoms with Crippen molar-refractivity contribution in [3.05, 3.63) is 25.2 Å². The van der Waals surface area contributed by atoms with Crippen LogP contribution in [-0.2, 0) is 0 Å². The van der Waals surface area contributed by atoms with Gasteiger partial charge in [0.25, 0.3) is 0 Å². The second-order valence-corrected chi connectivity index (χ2v) is 2.90. The van der Waals surface area contributed by atoms with E-state index in [1.807, 2.05) is 13.0 Å². The lowest BCUT2D eigenvalue weighted by Gasteiger charge is -2.12. The van der Waals surface area contributed by atoms with Gasteiger partial charge in [0.2, 0.25) is 0 Å². The molecule has 0 bridgehead atoms. The van der Waals surface area contributed by atoms with Crippen LogP contribution in [0.5, 0.6) is 0 Å². The number of hydrogen-bond donors (Lipinski definition) is 2. The molecule has 4 heteroatoms. The summed E-state index contributed by atoms with van der Waals surface area (Å²) in [5.41, 5.74) is 6.22. The van der Waals surface area contributed by atoms with Crippen molar-refractivity contribution >= 4 is 11.5 Å². The highest BCUT2D eigenvalue weighted by Crippen LogP contribution is 2.13. The van der Waals surface area contributed by atoms with Gasteiger partial charge < -0.3 is 11.1 Å². The molecule has 0 aliphatic carbocycles. The number of nitrogens with zero attached hydrogens (tertiary/aromatic N) is 2. The monoisotopic (exact) mass is 178 g/mol. The van der Waals surface area contributed by atoms with Crippen LogP contribution in [0.3, 0.4) is 0 Å². The third kappa shape index (κ3) is 2.74. The summed E-state index contributed by atoms with van der Waals surface area (Å²) < 4.78 is 0. The Balaban J connectivity index is 2.63. The zero-order valence-corrected chi connectivity index (χ0v) is 7.70. The molecule has 3 N–H and O–H groups in total. The molecule has 0 saturated carbocycles. The van der Waals surface area contributed by atoms with Crippen molar-refractivity contribution in [2.45, 2.75) is 19.4 Å². The van der Waals surface area contributed by atoms with E-state index in [4.69, 9.17) is 5.73 Å². The van der Waals surface area contributed by atoms with Crippen LogP contribution in [0.25, 0.3) is 0 Å². The molecule has 1 unspecified atom stereocenters. The lowest BCUT2D eigenvalue weighted by atomic mass is 10.2. The Labute approximate surface area is 77.9 Å². The molecule has 1 aromatic rings. The standard InChI is InChI=1S/C9H14N4/c1-3-4-7(2)13-9-8(10)5-11-6-12-9/h3,5-7H,1,4,10H2,2H3,(H,11,12,13). The summed E-state index contributed by atoms with van der Waals surface area (Å²) in [6, 6.07) is 0.287. The van der Waals surface area contributed by atoms with Crippen LogP contribution in [0.1, 0.15) is 13.3 Å². The molecule has 0 aliphatic heterocycles. The van der Waals surface area contributed by atoms with Crippen molar-refractivity contribution < 1.29 is 0 Å². The Kier molecular flexibility index (Phi) is 3.25. The van der Waals surface area contributed by atoms with Crippen molar-refractivity contribution in [3.63, 3.8) is 0 Å². The summed E-state index contributed by atoms with van der Waals surface area (Å²) >= 11 is 0. The van der Waals surface area contributed by atoms with Gasteiger partial charge in [0.05, 0.1) is 11.9 Å². The lowest BCUT2D eigenvalue weighted by molar-refractivity contribution is 0.807. The molecule has 0 saturated heterocycles. The van der Waals surface area contributed by atoms with E-state index in [1.54, 1.807) is 6.20 Å². The maximum absolute atomic E-state index is 5.65. The molecule has 0 fully saturated rings. The van der Waals surface area contributed by atoms with E-state index in [0.717, 1.165) is 6.42 Å². The fraction of sp³-hybridized carbons (Fsp3) is 0.333. The second-order valence-electron chi connectivity index (χ2n) is 2.90. The van der Waals surface area contributed by atoms with Crippen LogP contribution in [0, 0.1) is 0 Å². The summed E-state index contributed by atoms with van der Waals surface area (Å²) in [5.74, 6) is 0.685. The van der Waals surface area contributed by atoms with Gasteiger partial charge in [-0.05, 0) is 13.3 Å². The van der Waals surface area contributed by atoms with Crippen LogP contribution < -0.4 is 11.1 Å². The van der Waals surface area contributed by atoms with Gasteiger partial charge in [-0.1, -0.05) is 6.08 Å². The van der Waals surface area contributed by atoms with Gasteiger partial charge in [0, 0.05) is 6.04 Å². The number of nitrogens with one attached hydrogen (secondary N) is 1. The van der Waals surface area contributed by atoms with E-state index < -0.39 is 0 Å². The van der Waals surface area contributed by atoms with E-state index in [0.29, 0.717) is 11.5 Å². The molecule has 1 atom stereocenters. The molecule has 1 aromatic heterocycles. The molecular weight excluding hydrogens is 164 g/mol. The van der Waals surface area contributed by atoms with Crippen LogP contribution in [0.15, 0.2) is 25.2 Å². The summed E-state index contributed by atoms with van der Waals surface area (Å²) in [6.45, 7) is 5.71. The minimum absolute atomic E-state index is 0.287. The van der Waals surface area contributed by atoms with E-state index in [2.05, 4.69) is 21.9 Å². The Morgan fingerprint density at radius 2 is 2.54 bits per heavy atom. The zero-order chi connectivity index (χ0) is 9.68. The van der Waals surface area contributed by atoms with Gasteiger partial charge in [-0.2, -0.15) is 0 Å². The Morgan fingerprint density at radius 1 is 1.77 bits per heavy atom. The number of nitrogens with two attached hydrogens (primary N) is 1. The normalized spacial score (nSPS) is 12.1. The van der Waals surface area contributed by atoms with E-state index in [1.165, 1.54) is 6.33 Å². The molecule has 0 spiro atoms. The number of nitrogen functional groups attached to an aromatic ring is 1. The Bertz CT molecular complexity index is 285. The first kappa shape index (κ1) is 9.51. The molecule has 0 aliphatic rings. The maximum atomic E-state index is 5.65. The van der Waals surface area contributed by atoms with Crippen LogP contribution in [0.2, 0.25) is 0 Å². The number of rotatable bonds is 4. The van der Waals surface area contributed by atoms with Crippen molar-refractivity contribution in [1.29, 1.82) is 0 Å². The van der Waals surface area contributed by atoms with Gasteiger partial charge in [-0.15, -0.1) is 6.58 Å². The fourth-order valence-electron chi connectivity index (χ4n) is 1.00. The first-order chi connectivity index (χ1) is 6.24. The second kappa shape index (κ2) is 4.45. The topological polar surface area (TPSA) is 63.8 Å². The Morgan fingerprint density at radius 3 is 3.15 bits per heavy atom. The quantitative estimate of drug-likeness (QED) is 0.685. The average Bonchev–Trinajstić information content (AvgIpc) is 2.09. The van der Waals surface area contributed by atoms with Crippen molar-refractivity contribution in [2.24, 2.45) is 0 Å². The molecule has 0 radical (unpaired) electrons. The minimum Gasteiger partial charge on any atom is -0.394 e. The largest absolute Gasteiger partial charge is 0.394 e. The summed E-state index contributed by atoms with van der Waals surface area (Å²) in [6.07, 6.45) is 5.79. The molecule has 70 valence electrons. The van der Waals surface area contributed by atoms with Gasteiger partial charge in [-0.25, -0.2) is 9.97 Å². The highest BCUT2D eigenvalue weighted by molar-refractivity contribution is 5.59. The highest BCUT2D eigenvalue weighted by atomic mass is 15.0. The molecule has 1 heterocycles. The molecule has 0 aromatic carbocycles. The molecule has 13 heavy (non-hydrogen) atoms.